The van der Waals surface area contributed by atoms with Crippen LogP contribution in [0.2, 0.25) is 0 Å². The van der Waals surface area contributed by atoms with E-state index in [1.807, 2.05) is 38.1 Å². The van der Waals surface area contributed by atoms with Crippen LogP contribution >= 0.6 is 0 Å². The van der Waals surface area contributed by atoms with Gasteiger partial charge in [-0.2, -0.15) is 0 Å². The molecule has 0 saturated carbocycles. The highest BCUT2D eigenvalue weighted by molar-refractivity contribution is 5.95. The molecule has 0 spiro atoms. The predicted molar refractivity (Wildman–Crippen MR) is 109 cm³/mol. The van der Waals surface area contributed by atoms with Gasteiger partial charge >= 0.3 is 0 Å². The summed E-state index contributed by atoms with van der Waals surface area (Å²) in [7, 11) is 1.53. The number of nitrogens with two attached hydrogens (primary N) is 1. The molecule has 0 atom stereocenters. The van der Waals surface area contributed by atoms with Gasteiger partial charge in [0.05, 0.1) is 7.11 Å². The molecule has 0 saturated heterocycles. The molecule has 2 rings (SSSR count). The van der Waals surface area contributed by atoms with Crippen molar-refractivity contribution < 1.29 is 19.1 Å². The number of carbonyl (C=O) groups is 2. The third-order valence-corrected chi connectivity index (χ3v) is 3.92. The van der Waals surface area contributed by atoms with Crippen molar-refractivity contribution in [2.45, 2.75) is 20.4 Å². The fourth-order valence-electron chi connectivity index (χ4n) is 2.53. The summed E-state index contributed by atoms with van der Waals surface area (Å²) >= 11 is 0. The summed E-state index contributed by atoms with van der Waals surface area (Å²) in [5.41, 5.74) is 7.36. The van der Waals surface area contributed by atoms with Crippen LogP contribution < -0.4 is 25.8 Å². The van der Waals surface area contributed by atoms with E-state index in [0.717, 1.165) is 11.3 Å². The largest absolute Gasteiger partial charge is 0.493 e. The quantitative estimate of drug-likeness (QED) is 0.583. The van der Waals surface area contributed by atoms with Crippen LogP contribution in [0.1, 0.15) is 29.8 Å². The normalized spacial score (nSPS) is 10.4. The van der Waals surface area contributed by atoms with Crippen LogP contribution in [0.3, 0.4) is 0 Å². The molecule has 150 valence electrons. The molecule has 0 aromatic heterocycles. The van der Waals surface area contributed by atoms with E-state index in [1.54, 1.807) is 18.2 Å². The Labute approximate surface area is 165 Å². The third-order valence-electron chi connectivity index (χ3n) is 3.92. The van der Waals surface area contributed by atoms with E-state index in [9.17, 15) is 9.59 Å². The fourth-order valence-corrected chi connectivity index (χ4v) is 2.53. The van der Waals surface area contributed by atoms with E-state index in [1.165, 1.54) is 7.11 Å². The van der Waals surface area contributed by atoms with Gasteiger partial charge in [0, 0.05) is 29.9 Å². The monoisotopic (exact) mass is 385 g/mol. The number of carbonyl (C=O) groups excluding carboxylic acids is 2. The molecule has 0 unspecified atom stereocenters. The number of rotatable bonds is 10. The van der Waals surface area contributed by atoms with Crippen molar-refractivity contribution in [2.24, 2.45) is 11.7 Å². The van der Waals surface area contributed by atoms with E-state index in [4.69, 9.17) is 15.2 Å². The second-order valence-corrected chi connectivity index (χ2v) is 6.74. The number of primary amides is 1. The highest BCUT2D eigenvalue weighted by Gasteiger charge is 2.12. The molecule has 0 heterocycles. The Kier molecular flexibility index (Phi) is 7.68. The number of nitrogens with one attached hydrogen (secondary N) is 2. The SMILES string of the molecule is COc1cccc(CNc2cccc(C(=O)NCC(C)C)c2)c1OCC(N)=O. The average molecular weight is 385 g/mol. The van der Waals surface area contributed by atoms with E-state index >= 15 is 0 Å². The second-order valence-electron chi connectivity index (χ2n) is 6.74. The molecule has 0 bridgehead atoms. The minimum atomic E-state index is -0.565. The van der Waals surface area contributed by atoms with Gasteiger partial charge in [0.25, 0.3) is 11.8 Å². The Morgan fingerprint density at radius 3 is 2.57 bits per heavy atom. The molecule has 7 nitrogen and oxygen atoms in total. The summed E-state index contributed by atoms with van der Waals surface area (Å²) in [6.07, 6.45) is 0. The fraction of sp³-hybridized carbons (Fsp3) is 0.333. The van der Waals surface area contributed by atoms with Crippen LogP contribution in [0.5, 0.6) is 11.5 Å². The molecule has 0 aliphatic heterocycles. The first-order chi connectivity index (χ1) is 13.4. The lowest BCUT2D eigenvalue weighted by atomic mass is 10.1. The Hall–Kier alpha value is -3.22. The Morgan fingerprint density at radius 2 is 1.89 bits per heavy atom. The van der Waals surface area contributed by atoms with Crippen LogP contribution in [-0.2, 0) is 11.3 Å². The Morgan fingerprint density at radius 1 is 1.14 bits per heavy atom. The molecule has 0 fully saturated rings. The van der Waals surface area contributed by atoms with Gasteiger partial charge in [-0.3, -0.25) is 9.59 Å². The number of benzene rings is 2. The van der Waals surface area contributed by atoms with E-state index in [2.05, 4.69) is 10.6 Å². The number of methoxy groups -OCH3 is 1. The van der Waals surface area contributed by atoms with Crippen molar-refractivity contribution in [1.29, 1.82) is 0 Å². The predicted octanol–water partition coefficient (Wildman–Crippen LogP) is 2.56. The summed E-state index contributed by atoms with van der Waals surface area (Å²) in [6.45, 7) is 4.90. The maximum atomic E-state index is 12.2. The van der Waals surface area contributed by atoms with Crippen molar-refractivity contribution in [3.05, 3.63) is 53.6 Å². The van der Waals surface area contributed by atoms with Gasteiger partial charge in [-0.1, -0.05) is 32.0 Å². The van der Waals surface area contributed by atoms with Gasteiger partial charge in [-0.25, -0.2) is 0 Å². The van der Waals surface area contributed by atoms with E-state index < -0.39 is 5.91 Å². The lowest BCUT2D eigenvalue weighted by Gasteiger charge is -2.15. The van der Waals surface area contributed by atoms with Crippen molar-refractivity contribution >= 4 is 17.5 Å². The molecule has 4 N–H and O–H groups in total. The third kappa shape index (κ3) is 6.19. The van der Waals surface area contributed by atoms with E-state index in [-0.39, 0.29) is 12.5 Å². The molecule has 7 heteroatoms. The summed E-state index contributed by atoms with van der Waals surface area (Å²) in [4.78, 5) is 23.3. The number of amides is 2. The number of hydrogen-bond acceptors (Lipinski definition) is 5. The molecule has 28 heavy (non-hydrogen) atoms. The van der Waals surface area contributed by atoms with Gasteiger partial charge < -0.3 is 25.8 Å². The maximum Gasteiger partial charge on any atom is 0.255 e. The Balaban J connectivity index is 2.10. The summed E-state index contributed by atoms with van der Waals surface area (Å²) in [6, 6.07) is 12.7. The van der Waals surface area contributed by atoms with Crippen molar-refractivity contribution in [3.8, 4) is 11.5 Å². The summed E-state index contributed by atoms with van der Waals surface area (Å²) in [5, 5.41) is 6.17. The molecule has 0 aliphatic rings. The number of para-hydroxylation sites is 1. The second kappa shape index (κ2) is 10.2. The lowest BCUT2D eigenvalue weighted by Crippen LogP contribution is -2.27. The van der Waals surface area contributed by atoms with Gasteiger partial charge in [-0.15, -0.1) is 0 Å². The molecule has 2 aromatic rings. The first-order valence-electron chi connectivity index (χ1n) is 9.09. The van der Waals surface area contributed by atoms with Crippen molar-refractivity contribution in [1.82, 2.24) is 5.32 Å². The molecule has 2 amide bonds. The lowest BCUT2D eigenvalue weighted by molar-refractivity contribution is -0.119. The Bertz CT molecular complexity index is 821. The first kappa shape index (κ1) is 21.1. The number of hydrogen-bond donors (Lipinski definition) is 3. The number of anilines is 1. The molecule has 2 aromatic carbocycles. The van der Waals surface area contributed by atoms with Crippen LogP contribution in [0, 0.1) is 5.92 Å². The van der Waals surface area contributed by atoms with E-state index in [0.29, 0.717) is 36.1 Å². The average Bonchev–Trinajstić information content (AvgIpc) is 2.68. The van der Waals surface area contributed by atoms with Crippen molar-refractivity contribution in [3.63, 3.8) is 0 Å². The summed E-state index contributed by atoms with van der Waals surface area (Å²) < 4.78 is 10.8. The van der Waals surface area contributed by atoms with Gasteiger partial charge in [-0.05, 0) is 30.2 Å². The molecule has 0 radical (unpaired) electrons. The minimum absolute atomic E-state index is 0.107. The minimum Gasteiger partial charge on any atom is -0.493 e. The van der Waals surface area contributed by atoms with Gasteiger partial charge in [0.15, 0.2) is 18.1 Å². The highest BCUT2D eigenvalue weighted by atomic mass is 16.5. The topological polar surface area (TPSA) is 103 Å². The zero-order valence-electron chi connectivity index (χ0n) is 16.5. The zero-order valence-corrected chi connectivity index (χ0v) is 16.5. The van der Waals surface area contributed by atoms with Crippen molar-refractivity contribution in [2.75, 3.05) is 25.6 Å². The van der Waals surface area contributed by atoms with Crippen LogP contribution in [-0.4, -0.2) is 32.1 Å². The van der Waals surface area contributed by atoms with Gasteiger partial charge in [0.2, 0.25) is 0 Å². The molecule has 0 aliphatic carbocycles. The molecular formula is C21H27N3O4. The highest BCUT2D eigenvalue weighted by Crippen LogP contribution is 2.31. The number of ether oxygens (including phenoxy) is 2. The first-order valence-corrected chi connectivity index (χ1v) is 9.09. The smallest absolute Gasteiger partial charge is 0.255 e. The molecular weight excluding hydrogens is 358 g/mol. The standard InChI is InChI=1S/C21H27N3O4/c1-14(2)11-24-21(26)15-6-4-8-17(10-15)23-12-16-7-5-9-18(27-3)20(16)28-13-19(22)25/h4-10,14,23H,11-13H2,1-3H3,(H2,22,25)(H,24,26). The zero-order chi connectivity index (χ0) is 20.5. The van der Waals surface area contributed by atoms with Crippen LogP contribution in [0.25, 0.3) is 0 Å². The van der Waals surface area contributed by atoms with Crippen LogP contribution in [0.15, 0.2) is 42.5 Å². The summed E-state index contributed by atoms with van der Waals surface area (Å²) in [5.74, 6) is 0.691. The van der Waals surface area contributed by atoms with Gasteiger partial charge in [0.1, 0.15) is 0 Å². The van der Waals surface area contributed by atoms with Crippen LogP contribution in [0.4, 0.5) is 5.69 Å². The maximum absolute atomic E-state index is 12.2.